The highest BCUT2D eigenvalue weighted by atomic mass is 19.4. The largest absolute Gasteiger partial charge is 0.401 e. The van der Waals surface area contributed by atoms with Crippen LogP contribution in [-0.4, -0.2) is 47.3 Å². The maximum absolute atomic E-state index is 12.3. The minimum Gasteiger partial charge on any atom is -0.361 e. The third-order valence-corrected chi connectivity index (χ3v) is 5.25. The number of halogens is 3. The van der Waals surface area contributed by atoms with Crippen LogP contribution in [0.25, 0.3) is 17.3 Å². The number of fused-ring (bicyclic) bond motifs is 1. The number of aliphatic hydroxyl groups is 1. The number of aromatic nitrogens is 2. The lowest BCUT2D eigenvalue weighted by molar-refractivity contribution is -0.576. The lowest BCUT2D eigenvalue weighted by Gasteiger charge is -2.20. The van der Waals surface area contributed by atoms with Crippen LogP contribution in [0.15, 0.2) is 47.3 Å². The number of nitrogens with one attached hydrogen (secondary N) is 2. The Morgan fingerprint density at radius 3 is 2.84 bits per heavy atom. The fourth-order valence-electron chi connectivity index (χ4n) is 3.58. The number of hydrogen-bond acceptors (Lipinski definition) is 5. The van der Waals surface area contributed by atoms with Crippen molar-refractivity contribution in [3.05, 3.63) is 53.1 Å². The zero-order chi connectivity index (χ0) is 22.6. The lowest BCUT2D eigenvalue weighted by atomic mass is 9.98. The van der Waals surface area contributed by atoms with Gasteiger partial charge in [-0.2, -0.15) is 13.2 Å². The van der Waals surface area contributed by atoms with Gasteiger partial charge in [-0.05, 0) is 30.2 Å². The van der Waals surface area contributed by atoms with E-state index >= 15 is 0 Å². The lowest BCUT2D eigenvalue weighted by Crippen LogP contribution is -2.77. The monoisotopic (exact) mass is 437 g/mol. The molecule has 0 aliphatic carbocycles. The maximum atomic E-state index is 12.3. The number of hydrogen-bond donors (Lipinski definition) is 5. The molecule has 1 aliphatic rings. The first-order valence-corrected chi connectivity index (χ1v) is 10.0. The summed E-state index contributed by atoms with van der Waals surface area (Å²) in [4.78, 5) is 4.54. The molecule has 1 aromatic heterocycles. The van der Waals surface area contributed by atoms with Gasteiger partial charge in [0.05, 0.1) is 25.5 Å². The van der Waals surface area contributed by atoms with E-state index in [0.29, 0.717) is 12.2 Å². The van der Waals surface area contributed by atoms with Crippen LogP contribution in [0.2, 0.25) is 0 Å². The molecule has 0 bridgehead atoms. The molecule has 0 saturated heterocycles. The average molecular weight is 437 g/mol. The minimum atomic E-state index is -4.40. The molecule has 10 heteroatoms. The van der Waals surface area contributed by atoms with E-state index in [1.54, 1.807) is 24.4 Å². The standard InChI is InChI=1S/C21H27F3N6O/c1-13(26-2)17(10-25)14-6-7-30-18(11-27-19(30)9-14)15-4-3-5-16(8-15)29-20(31)28-12-21(22,23)24/h3-5,8-9,11,20,26,28-29,31H,6-7,10,12,25H2,1-2H3/p+1/b17-13+. The predicted octanol–water partition coefficient (Wildman–Crippen LogP) is 1.60. The molecule has 0 fully saturated rings. The van der Waals surface area contributed by atoms with Crippen LogP contribution in [0, 0.1) is 0 Å². The van der Waals surface area contributed by atoms with Crippen molar-refractivity contribution < 1.29 is 23.6 Å². The summed E-state index contributed by atoms with van der Waals surface area (Å²) in [6.45, 7) is 1.96. The number of anilines is 1. The van der Waals surface area contributed by atoms with E-state index in [1.807, 2.05) is 30.7 Å². The molecule has 2 aromatic rings. The first-order valence-electron chi connectivity index (χ1n) is 10.0. The Morgan fingerprint density at radius 2 is 2.16 bits per heavy atom. The van der Waals surface area contributed by atoms with Crippen LogP contribution >= 0.6 is 0 Å². The molecule has 2 heterocycles. The van der Waals surface area contributed by atoms with Crippen molar-refractivity contribution in [2.75, 3.05) is 25.5 Å². The van der Waals surface area contributed by atoms with E-state index in [-0.39, 0.29) is 0 Å². The zero-order valence-corrected chi connectivity index (χ0v) is 17.5. The van der Waals surface area contributed by atoms with E-state index in [1.165, 1.54) is 5.57 Å². The summed E-state index contributed by atoms with van der Waals surface area (Å²) < 4.78 is 39.0. The topological polar surface area (TPSA) is 105 Å². The van der Waals surface area contributed by atoms with Gasteiger partial charge >= 0.3 is 6.18 Å². The van der Waals surface area contributed by atoms with Gasteiger partial charge in [0.25, 0.3) is 0 Å². The molecule has 3 rings (SSSR count). The summed E-state index contributed by atoms with van der Waals surface area (Å²) in [5.41, 5.74) is 11.6. The number of nitrogens with two attached hydrogens (primary N) is 2. The Morgan fingerprint density at radius 1 is 1.39 bits per heavy atom. The van der Waals surface area contributed by atoms with Crippen molar-refractivity contribution in [3.8, 4) is 11.3 Å². The number of benzene rings is 1. The predicted molar refractivity (Wildman–Crippen MR) is 114 cm³/mol. The molecule has 168 valence electrons. The van der Waals surface area contributed by atoms with Crippen molar-refractivity contribution in [2.45, 2.75) is 32.4 Å². The first-order chi connectivity index (χ1) is 14.7. The molecule has 0 spiro atoms. The van der Waals surface area contributed by atoms with Gasteiger partial charge in [0.15, 0.2) is 6.35 Å². The second-order valence-corrected chi connectivity index (χ2v) is 7.35. The fraction of sp³-hybridized carbons (Fsp3) is 0.381. The molecule has 1 atom stereocenters. The molecule has 7 nitrogen and oxygen atoms in total. The van der Waals surface area contributed by atoms with Gasteiger partial charge in [-0.25, -0.2) is 4.98 Å². The van der Waals surface area contributed by atoms with Gasteiger partial charge < -0.3 is 26.0 Å². The molecule has 0 amide bonds. The summed E-state index contributed by atoms with van der Waals surface area (Å²) >= 11 is 0. The fourth-order valence-corrected chi connectivity index (χ4v) is 3.58. The Hall–Kier alpha value is -2.66. The molecule has 7 N–H and O–H groups in total. The zero-order valence-electron chi connectivity index (χ0n) is 17.5. The van der Waals surface area contributed by atoms with Crippen molar-refractivity contribution in [2.24, 2.45) is 5.73 Å². The highest BCUT2D eigenvalue weighted by molar-refractivity contribution is 5.68. The smallest absolute Gasteiger partial charge is 0.361 e. The Bertz CT molecular complexity index is 980. The SMILES string of the molecule is C[NH2+]/C(C)=C(\CN)C1=Cc2ncc(-c3cccc(NC(O)NCC(F)(F)F)c3)n2CC1. The maximum Gasteiger partial charge on any atom is 0.401 e. The molecular weight excluding hydrogens is 409 g/mol. The molecule has 31 heavy (non-hydrogen) atoms. The van der Waals surface area contributed by atoms with E-state index in [4.69, 9.17) is 5.73 Å². The van der Waals surface area contributed by atoms with Crippen LogP contribution < -0.4 is 21.7 Å². The van der Waals surface area contributed by atoms with Crippen molar-refractivity contribution >= 4 is 11.8 Å². The third-order valence-electron chi connectivity index (χ3n) is 5.25. The van der Waals surface area contributed by atoms with E-state index in [9.17, 15) is 18.3 Å². The normalized spacial score (nSPS) is 15.8. The van der Waals surface area contributed by atoms with Crippen LogP contribution in [0.5, 0.6) is 0 Å². The van der Waals surface area contributed by atoms with Gasteiger partial charge in [-0.3, -0.25) is 5.32 Å². The summed E-state index contributed by atoms with van der Waals surface area (Å²) in [6.07, 6.45) is -1.28. The number of quaternary nitrogens is 1. The Balaban J connectivity index is 1.80. The second-order valence-electron chi connectivity index (χ2n) is 7.35. The number of allylic oxidation sites excluding steroid dienone is 1. The second kappa shape index (κ2) is 9.65. The van der Waals surface area contributed by atoms with E-state index < -0.39 is 19.1 Å². The van der Waals surface area contributed by atoms with Crippen LogP contribution in [0.3, 0.4) is 0 Å². The highest BCUT2D eigenvalue weighted by Crippen LogP contribution is 2.30. The van der Waals surface area contributed by atoms with Crippen molar-refractivity contribution in [1.82, 2.24) is 14.9 Å². The van der Waals surface area contributed by atoms with Gasteiger partial charge in [-0.15, -0.1) is 0 Å². The number of alkyl halides is 3. The molecule has 0 radical (unpaired) electrons. The number of nitrogens with zero attached hydrogens (tertiary/aromatic N) is 2. The summed E-state index contributed by atoms with van der Waals surface area (Å²) in [7, 11) is 1.99. The summed E-state index contributed by atoms with van der Waals surface area (Å²) in [6, 6.07) is 7.11. The first kappa shape index (κ1) is 23.0. The number of imidazole rings is 1. The Kier molecular flexibility index (Phi) is 7.16. The summed E-state index contributed by atoms with van der Waals surface area (Å²) in [5, 5.41) is 16.4. The van der Waals surface area contributed by atoms with E-state index in [0.717, 1.165) is 41.3 Å². The molecule has 0 saturated carbocycles. The summed E-state index contributed by atoms with van der Waals surface area (Å²) in [5.74, 6) is 0.830. The molecule has 1 aromatic carbocycles. The molecular formula is C21H28F3N6O+. The quantitative estimate of drug-likeness (QED) is 0.404. The molecule has 1 unspecified atom stereocenters. The van der Waals surface area contributed by atoms with Crippen LogP contribution in [0.1, 0.15) is 19.2 Å². The molecule has 1 aliphatic heterocycles. The van der Waals surface area contributed by atoms with Gasteiger partial charge in [0.1, 0.15) is 11.5 Å². The van der Waals surface area contributed by atoms with Crippen molar-refractivity contribution in [3.63, 3.8) is 0 Å². The number of rotatable bonds is 8. The van der Waals surface area contributed by atoms with Crippen molar-refractivity contribution in [1.29, 1.82) is 0 Å². The minimum absolute atomic E-state index is 0.466. The van der Waals surface area contributed by atoms with Gasteiger partial charge in [0.2, 0.25) is 0 Å². The Labute approximate surface area is 178 Å². The van der Waals surface area contributed by atoms with Crippen LogP contribution in [-0.2, 0) is 6.54 Å². The number of aliphatic hydroxyl groups excluding tert-OH is 1. The highest BCUT2D eigenvalue weighted by Gasteiger charge is 2.27. The van der Waals surface area contributed by atoms with E-state index in [2.05, 4.69) is 20.9 Å². The third kappa shape index (κ3) is 5.73. The van der Waals surface area contributed by atoms with Gasteiger partial charge in [-0.1, -0.05) is 12.1 Å². The van der Waals surface area contributed by atoms with Gasteiger partial charge in [0, 0.05) is 36.8 Å². The average Bonchev–Trinajstić information content (AvgIpc) is 3.16. The van der Waals surface area contributed by atoms with Crippen LogP contribution in [0.4, 0.5) is 18.9 Å².